The molecule has 1 saturated carbocycles. The number of aliphatic hydroxyl groups excluding tert-OH is 1. The van der Waals surface area contributed by atoms with Gasteiger partial charge in [0, 0.05) is 22.9 Å². The van der Waals surface area contributed by atoms with Gasteiger partial charge in [-0.05, 0) is 18.6 Å². The van der Waals surface area contributed by atoms with Crippen molar-refractivity contribution in [2.75, 3.05) is 20.3 Å². The molecule has 1 aromatic carbocycles. The van der Waals surface area contributed by atoms with E-state index in [0.29, 0.717) is 24.3 Å². The molecule has 1 aromatic rings. The van der Waals surface area contributed by atoms with Crippen LogP contribution in [-0.4, -0.2) is 25.4 Å². The molecule has 94 valence electrons. The van der Waals surface area contributed by atoms with Gasteiger partial charge in [-0.15, -0.1) is 0 Å². The normalized spacial score (nSPS) is 31.4. The number of methoxy groups -OCH3 is 1. The van der Waals surface area contributed by atoms with E-state index < -0.39 is 10.8 Å². The third-order valence-corrected chi connectivity index (χ3v) is 4.18. The molecule has 0 aliphatic heterocycles. The summed E-state index contributed by atoms with van der Waals surface area (Å²) in [5.74, 6) is 0.229. The Morgan fingerprint density at radius 1 is 1.53 bits per heavy atom. The Labute approximate surface area is 100 Å². The van der Waals surface area contributed by atoms with Crippen LogP contribution in [0, 0.1) is 11.2 Å². The lowest BCUT2D eigenvalue weighted by atomic mass is 9.87. The minimum Gasteiger partial charge on any atom is -0.496 e. The average Bonchev–Trinajstić information content (AvgIpc) is 2.95. The topological polar surface area (TPSA) is 55.5 Å². The molecule has 0 amide bonds. The average molecular weight is 239 g/mol. The van der Waals surface area contributed by atoms with Crippen molar-refractivity contribution in [1.82, 2.24) is 0 Å². The zero-order chi connectivity index (χ0) is 12.7. The number of hydrogen-bond donors (Lipinski definition) is 2. The fourth-order valence-electron chi connectivity index (χ4n) is 2.79. The van der Waals surface area contributed by atoms with Gasteiger partial charge >= 0.3 is 0 Å². The molecule has 17 heavy (non-hydrogen) atoms. The highest BCUT2D eigenvalue weighted by molar-refractivity contribution is 5.47. The van der Waals surface area contributed by atoms with Crippen molar-refractivity contribution in [3.05, 3.63) is 29.6 Å². The first kappa shape index (κ1) is 12.3. The fraction of sp³-hybridized carbons (Fsp3) is 0.538. The third-order valence-electron chi connectivity index (χ3n) is 4.18. The Bertz CT molecular complexity index is 431. The van der Waals surface area contributed by atoms with Crippen LogP contribution in [0.3, 0.4) is 0 Å². The van der Waals surface area contributed by atoms with Crippen LogP contribution in [0.15, 0.2) is 18.2 Å². The summed E-state index contributed by atoms with van der Waals surface area (Å²) in [5.41, 5.74) is 5.39. The van der Waals surface area contributed by atoms with Gasteiger partial charge in [0.25, 0.3) is 0 Å². The maximum atomic E-state index is 14.0. The van der Waals surface area contributed by atoms with E-state index in [9.17, 15) is 9.50 Å². The molecule has 2 atom stereocenters. The summed E-state index contributed by atoms with van der Waals surface area (Å²) >= 11 is 0. The summed E-state index contributed by atoms with van der Waals surface area (Å²) in [4.78, 5) is 0. The first-order valence-corrected chi connectivity index (χ1v) is 5.68. The SMILES string of the molecule is COc1cccc(F)c1C1(C)CC1(CN)CO. The van der Waals surface area contributed by atoms with Crippen LogP contribution in [0.2, 0.25) is 0 Å². The van der Waals surface area contributed by atoms with Crippen LogP contribution in [0.5, 0.6) is 5.75 Å². The molecule has 0 bridgehead atoms. The Kier molecular flexibility index (Phi) is 2.87. The molecule has 1 fully saturated rings. The van der Waals surface area contributed by atoms with E-state index in [1.54, 1.807) is 12.1 Å². The van der Waals surface area contributed by atoms with E-state index in [2.05, 4.69) is 0 Å². The molecule has 0 radical (unpaired) electrons. The van der Waals surface area contributed by atoms with Crippen molar-refractivity contribution in [3.63, 3.8) is 0 Å². The van der Waals surface area contributed by atoms with Crippen LogP contribution < -0.4 is 10.5 Å². The van der Waals surface area contributed by atoms with Crippen LogP contribution in [0.1, 0.15) is 18.9 Å². The second kappa shape index (κ2) is 3.96. The van der Waals surface area contributed by atoms with Gasteiger partial charge in [-0.25, -0.2) is 4.39 Å². The van der Waals surface area contributed by atoms with Crippen LogP contribution in [0.25, 0.3) is 0 Å². The van der Waals surface area contributed by atoms with Gasteiger partial charge in [-0.2, -0.15) is 0 Å². The molecular weight excluding hydrogens is 221 g/mol. The fourth-order valence-corrected chi connectivity index (χ4v) is 2.79. The third kappa shape index (κ3) is 1.55. The smallest absolute Gasteiger partial charge is 0.130 e. The van der Waals surface area contributed by atoms with E-state index in [0.717, 1.165) is 0 Å². The zero-order valence-electron chi connectivity index (χ0n) is 10.2. The number of ether oxygens (including phenoxy) is 1. The molecule has 0 heterocycles. The maximum absolute atomic E-state index is 14.0. The number of nitrogens with two attached hydrogens (primary N) is 1. The lowest BCUT2D eigenvalue weighted by Crippen LogP contribution is -2.28. The van der Waals surface area contributed by atoms with Crippen LogP contribution in [-0.2, 0) is 5.41 Å². The predicted octanol–water partition coefficient (Wildman–Crippen LogP) is 1.43. The highest BCUT2D eigenvalue weighted by atomic mass is 19.1. The molecular formula is C13H18FNO2. The highest BCUT2D eigenvalue weighted by Gasteiger charge is 2.65. The Balaban J connectivity index is 2.49. The molecule has 1 aliphatic carbocycles. The van der Waals surface area contributed by atoms with Gasteiger partial charge in [0.05, 0.1) is 13.7 Å². The van der Waals surface area contributed by atoms with Gasteiger partial charge in [0.15, 0.2) is 0 Å². The quantitative estimate of drug-likeness (QED) is 0.835. The second-order valence-electron chi connectivity index (χ2n) is 4.97. The summed E-state index contributed by atoms with van der Waals surface area (Å²) in [6.45, 7) is 2.24. The summed E-state index contributed by atoms with van der Waals surface area (Å²) in [7, 11) is 1.52. The second-order valence-corrected chi connectivity index (χ2v) is 4.97. The first-order valence-electron chi connectivity index (χ1n) is 5.68. The van der Waals surface area contributed by atoms with Crippen LogP contribution in [0.4, 0.5) is 4.39 Å². The van der Waals surface area contributed by atoms with Crippen molar-refractivity contribution in [2.45, 2.75) is 18.8 Å². The number of hydrogen-bond acceptors (Lipinski definition) is 3. The molecule has 3 nitrogen and oxygen atoms in total. The van der Waals surface area contributed by atoms with E-state index in [1.165, 1.54) is 13.2 Å². The van der Waals surface area contributed by atoms with Gasteiger partial charge in [-0.1, -0.05) is 13.0 Å². The lowest BCUT2D eigenvalue weighted by Gasteiger charge is -2.22. The lowest BCUT2D eigenvalue weighted by molar-refractivity contribution is 0.196. The van der Waals surface area contributed by atoms with E-state index in [-0.39, 0.29) is 12.4 Å². The minimum absolute atomic E-state index is 0.0303. The molecule has 2 unspecified atom stereocenters. The van der Waals surface area contributed by atoms with Gasteiger partial charge in [0.2, 0.25) is 0 Å². The van der Waals surface area contributed by atoms with E-state index >= 15 is 0 Å². The van der Waals surface area contributed by atoms with Crippen LogP contribution >= 0.6 is 0 Å². The Hall–Kier alpha value is -1.13. The summed E-state index contributed by atoms with van der Waals surface area (Å²) in [6, 6.07) is 4.77. The van der Waals surface area contributed by atoms with Gasteiger partial charge in [0.1, 0.15) is 11.6 Å². The van der Waals surface area contributed by atoms with Crippen molar-refractivity contribution in [3.8, 4) is 5.75 Å². The van der Waals surface area contributed by atoms with Crippen molar-refractivity contribution >= 4 is 0 Å². The van der Waals surface area contributed by atoms with Gasteiger partial charge < -0.3 is 15.6 Å². The van der Waals surface area contributed by atoms with E-state index in [4.69, 9.17) is 10.5 Å². The number of aliphatic hydroxyl groups is 1. The summed E-state index contributed by atoms with van der Waals surface area (Å²) in [5, 5.41) is 9.46. The number of benzene rings is 1. The number of rotatable bonds is 4. The molecule has 4 heteroatoms. The minimum atomic E-state index is -0.437. The van der Waals surface area contributed by atoms with Crippen molar-refractivity contribution in [2.24, 2.45) is 11.1 Å². The largest absolute Gasteiger partial charge is 0.496 e. The molecule has 0 aromatic heterocycles. The number of halogens is 1. The molecule has 1 aliphatic rings. The van der Waals surface area contributed by atoms with Crippen molar-refractivity contribution in [1.29, 1.82) is 0 Å². The van der Waals surface area contributed by atoms with Gasteiger partial charge in [-0.3, -0.25) is 0 Å². The zero-order valence-corrected chi connectivity index (χ0v) is 10.2. The first-order chi connectivity index (χ1) is 8.04. The van der Waals surface area contributed by atoms with E-state index in [1.807, 2.05) is 6.92 Å². The molecule has 0 saturated heterocycles. The standard InChI is InChI=1S/C13H18FNO2/c1-12(6-13(12,7-15)8-16)11-9(14)4-3-5-10(11)17-2/h3-5,16H,6-8,15H2,1-2H3. The molecule has 0 spiro atoms. The maximum Gasteiger partial charge on any atom is 0.130 e. The summed E-state index contributed by atoms with van der Waals surface area (Å²) < 4.78 is 19.2. The highest BCUT2D eigenvalue weighted by Crippen LogP contribution is 2.65. The van der Waals surface area contributed by atoms with Crippen molar-refractivity contribution < 1.29 is 14.2 Å². The molecule has 2 rings (SSSR count). The molecule has 3 N–H and O–H groups in total. The Morgan fingerprint density at radius 2 is 2.24 bits per heavy atom. The monoisotopic (exact) mass is 239 g/mol. The Morgan fingerprint density at radius 3 is 2.71 bits per heavy atom. The summed E-state index contributed by atoms with van der Waals surface area (Å²) in [6.07, 6.45) is 0.685. The predicted molar refractivity (Wildman–Crippen MR) is 63.5 cm³/mol.